The molecule has 0 aliphatic carbocycles. The highest BCUT2D eigenvalue weighted by Gasteiger charge is 2.29. The fourth-order valence-corrected chi connectivity index (χ4v) is 5.03. The molecular weight excluding hydrogens is 467 g/mol. The number of hydrogen-bond donors (Lipinski definition) is 1. The van der Waals surface area contributed by atoms with Crippen molar-refractivity contribution in [2.75, 3.05) is 19.7 Å². The van der Waals surface area contributed by atoms with Gasteiger partial charge in [-0.25, -0.2) is 4.39 Å². The van der Waals surface area contributed by atoms with Gasteiger partial charge in [0.1, 0.15) is 17.7 Å². The van der Waals surface area contributed by atoms with Crippen LogP contribution in [0.1, 0.15) is 110 Å². The van der Waals surface area contributed by atoms with E-state index in [1.807, 2.05) is 29.2 Å². The molecule has 1 aliphatic heterocycles. The van der Waals surface area contributed by atoms with Crippen LogP contribution in [0.2, 0.25) is 0 Å². The Morgan fingerprint density at radius 3 is 2.38 bits per heavy atom. The van der Waals surface area contributed by atoms with Gasteiger partial charge in [-0.15, -0.1) is 0 Å². The molecule has 2 rings (SSSR count). The lowest BCUT2D eigenvalue weighted by Crippen LogP contribution is -2.48. The summed E-state index contributed by atoms with van der Waals surface area (Å²) in [4.78, 5) is 27.4. The zero-order valence-electron chi connectivity index (χ0n) is 23.6. The third-order valence-electron chi connectivity index (χ3n) is 7.48. The second-order valence-corrected chi connectivity index (χ2v) is 10.6. The van der Waals surface area contributed by atoms with Gasteiger partial charge < -0.3 is 10.1 Å². The molecule has 5 nitrogen and oxygen atoms in total. The molecule has 0 spiro atoms. The quantitative estimate of drug-likeness (QED) is 0.188. The number of nitrogens with one attached hydrogen (secondary N) is 1. The van der Waals surface area contributed by atoms with E-state index in [-0.39, 0.29) is 18.0 Å². The number of rotatable bonds is 20. The molecule has 3 atom stereocenters. The van der Waals surface area contributed by atoms with Crippen LogP contribution >= 0.6 is 0 Å². The lowest BCUT2D eigenvalue weighted by molar-refractivity contribution is -0.125. The van der Waals surface area contributed by atoms with Crippen LogP contribution in [0.3, 0.4) is 0 Å². The van der Waals surface area contributed by atoms with Gasteiger partial charge in [-0.3, -0.25) is 14.5 Å². The highest BCUT2D eigenvalue weighted by atomic mass is 19.1. The Balaban J connectivity index is 1.79. The van der Waals surface area contributed by atoms with Crippen molar-refractivity contribution in [3.8, 4) is 5.75 Å². The van der Waals surface area contributed by atoms with E-state index in [4.69, 9.17) is 4.74 Å². The second kappa shape index (κ2) is 18.3. The lowest BCUT2D eigenvalue weighted by Gasteiger charge is -2.28. The van der Waals surface area contributed by atoms with Crippen molar-refractivity contribution in [3.05, 3.63) is 29.8 Å². The molecule has 1 saturated heterocycles. The Kier molecular flexibility index (Phi) is 15.5. The second-order valence-electron chi connectivity index (χ2n) is 10.6. The summed E-state index contributed by atoms with van der Waals surface area (Å²) in [6.45, 7) is 8.15. The first-order valence-corrected chi connectivity index (χ1v) is 14.9. The van der Waals surface area contributed by atoms with E-state index in [2.05, 4.69) is 26.1 Å². The number of likely N-dealkylation sites (tertiary alicyclic amines) is 1. The van der Waals surface area contributed by atoms with E-state index in [0.717, 1.165) is 49.8 Å². The van der Waals surface area contributed by atoms with Crippen LogP contribution in [0.15, 0.2) is 24.3 Å². The zero-order chi connectivity index (χ0) is 26.9. The third kappa shape index (κ3) is 12.4. The van der Waals surface area contributed by atoms with Gasteiger partial charge in [0, 0.05) is 38.3 Å². The Morgan fingerprint density at radius 2 is 1.73 bits per heavy atom. The molecule has 6 heteroatoms. The van der Waals surface area contributed by atoms with Crippen LogP contribution in [0.25, 0.3) is 0 Å². The summed E-state index contributed by atoms with van der Waals surface area (Å²) in [5.41, 5.74) is 1.09. The zero-order valence-corrected chi connectivity index (χ0v) is 23.6. The number of carbonyl (C=O) groups is 2. The Hall–Kier alpha value is -1.95. The fourth-order valence-electron chi connectivity index (χ4n) is 5.03. The summed E-state index contributed by atoms with van der Waals surface area (Å²) in [5.74, 6) is 1.35. The van der Waals surface area contributed by atoms with E-state index in [1.165, 1.54) is 19.3 Å². The molecule has 1 N–H and O–H groups in total. The molecule has 0 aromatic heterocycles. The number of ketones is 1. The summed E-state index contributed by atoms with van der Waals surface area (Å²) < 4.78 is 19.7. The molecule has 37 heavy (non-hydrogen) atoms. The molecule has 1 heterocycles. The van der Waals surface area contributed by atoms with Crippen LogP contribution in [-0.4, -0.2) is 48.6 Å². The number of carbonyl (C=O) groups excluding carboxylic acids is 2. The van der Waals surface area contributed by atoms with E-state index in [0.29, 0.717) is 57.6 Å². The van der Waals surface area contributed by atoms with Gasteiger partial charge in [0.05, 0.1) is 12.8 Å². The minimum absolute atomic E-state index is 0.0223. The molecular formula is C31H51FN2O3. The van der Waals surface area contributed by atoms with Crippen molar-refractivity contribution < 1.29 is 18.7 Å². The maximum Gasteiger partial charge on any atom is 0.221 e. The first-order valence-electron chi connectivity index (χ1n) is 14.9. The number of alkyl halides is 1. The molecule has 1 fully saturated rings. The number of halogens is 1. The lowest BCUT2D eigenvalue weighted by atomic mass is 9.91. The number of hydrogen-bond acceptors (Lipinski definition) is 4. The molecule has 0 radical (unpaired) electrons. The first-order chi connectivity index (χ1) is 18.0. The molecule has 1 aromatic carbocycles. The molecule has 2 unspecified atom stereocenters. The van der Waals surface area contributed by atoms with Crippen molar-refractivity contribution in [1.29, 1.82) is 0 Å². The summed E-state index contributed by atoms with van der Waals surface area (Å²) in [5, 5.41) is 3.15. The monoisotopic (exact) mass is 518 g/mol. The topological polar surface area (TPSA) is 58.6 Å². The Labute approximate surface area is 224 Å². The highest BCUT2D eigenvalue weighted by Crippen LogP contribution is 2.21. The predicted octanol–water partition coefficient (Wildman–Crippen LogP) is 7.02. The summed E-state index contributed by atoms with van der Waals surface area (Å²) in [6, 6.07) is 8.00. The largest absolute Gasteiger partial charge is 0.494 e. The molecule has 210 valence electrons. The average Bonchev–Trinajstić information content (AvgIpc) is 3.33. The van der Waals surface area contributed by atoms with Crippen LogP contribution in [0, 0.1) is 5.92 Å². The normalized spacial score (nSPS) is 17.5. The van der Waals surface area contributed by atoms with Gasteiger partial charge in [-0.1, -0.05) is 65.0 Å². The van der Waals surface area contributed by atoms with Crippen LogP contribution in [0.4, 0.5) is 4.39 Å². The summed E-state index contributed by atoms with van der Waals surface area (Å²) >= 11 is 0. The standard InChI is InChI=1S/C31H51FN2O3/c1-4-7-9-10-13-26(6-3)29(35)14-11-12-15-31(36)33-30(34-21-20-27(32)24-34)23-25-16-18-28(19-17-25)37-22-8-5-2/h16-19,26-27,30H,4-15,20-24H2,1-3H3,(H,33,36)/t26?,27-,30?/m1/s1. The van der Waals surface area contributed by atoms with Gasteiger partial charge in [-0.05, 0) is 56.2 Å². The van der Waals surface area contributed by atoms with Gasteiger partial charge in [0.15, 0.2) is 0 Å². The number of nitrogens with zero attached hydrogens (tertiary/aromatic N) is 1. The predicted molar refractivity (Wildman–Crippen MR) is 150 cm³/mol. The molecule has 0 bridgehead atoms. The molecule has 1 amide bonds. The van der Waals surface area contributed by atoms with Crippen molar-refractivity contribution in [2.24, 2.45) is 5.92 Å². The van der Waals surface area contributed by atoms with Crippen molar-refractivity contribution in [2.45, 2.75) is 123 Å². The van der Waals surface area contributed by atoms with Crippen molar-refractivity contribution >= 4 is 11.7 Å². The number of unbranched alkanes of at least 4 members (excludes halogenated alkanes) is 5. The van der Waals surface area contributed by atoms with Gasteiger partial charge in [0.2, 0.25) is 5.91 Å². The van der Waals surface area contributed by atoms with Gasteiger partial charge >= 0.3 is 0 Å². The number of amides is 1. The van der Waals surface area contributed by atoms with E-state index < -0.39 is 6.17 Å². The summed E-state index contributed by atoms with van der Waals surface area (Å²) in [6.07, 6.45) is 11.3. The third-order valence-corrected chi connectivity index (χ3v) is 7.48. The van der Waals surface area contributed by atoms with Crippen LogP contribution in [-0.2, 0) is 16.0 Å². The summed E-state index contributed by atoms with van der Waals surface area (Å²) in [7, 11) is 0. The van der Waals surface area contributed by atoms with Crippen LogP contribution < -0.4 is 10.1 Å². The van der Waals surface area contributed by atoms with E-state index in [1.54, 1.807) is 0 Å². The SMILES string of the molecule is CCCCCCC(CC)C(=O)CCCCC(=O)NC(Cc1ccc(OCCCC)cc1)N1CC[C@@H](F)C1. The Bertz CT molecular complexity index is 770. The molecule has 1 aliphatic rings. The number of Topliss-reactive ketones (excluding diaryl/α,β-unsaturated/α-hetero) is 1. The number of ether oxygens (including phenoxy) is 1. The van der Waals surface area contributed by atoms with Crippen molar-refractivity contribution in [1.82, 2.24) is 10.2 Å². The molecule has 0 saturated carbocycles. The maximum atomic E-state index is 13.9. The van der Waals surface area contributed by atoms with E-state index >= 15 is 0 Å². The van der Waals surface area contributed by atoms with Crippen molar-refractivity contribution in [3.63, 3.8) is 0 Å². The van der Waals surface area contributed by atoms with Crippen LogP contribution in [0.5, 0.6) is 5.75 Å². The Morgan fingerprint density at radius 1 is 1.00 bits per heavy atom. The fraction of sp³-hybridized carbons (Fsp3) is 0.742. The smallest absolute Gasteiger partial charge is 0.221 e. The van der Waals surface area contributed by atoms with Gasteiger partial charge in [0.25, 0.3) is 0 Å². The maximum absolute atomic E-state index is 13.9. The minimum atomic E-state index is -0.840. The van der Waals surface area contributed by atoms with E-state index in [9.17, 15) is 14.0 Å². The minimum Gasteiger partial charge on any atom is -0.494 e. The first kappa shape index (κ1) is 31.3. The van der Waals surface area contributed by atoms with Gasteiger partial charge in [-0.2, -0.15) is 0 Å². The number of benzene rings is 1. The highest BCUT2D eigenvalue weighted by molar-refractivity contribution is 5.81. The average molecular weight is 519 g/mol. The molecule has 1 aromatic rings.